The van der Waals surface area contributed by atoms with E-state index in [1.54, 1.807) is 0 Å². The molecule has 1 saturated carbocycles. The van der Waals surface area contributed by atoms with E-state index in [1.165, 1.54) is 5.57 Å². The van der Waals surface area contributed by atoms with Gasteiger partial charge in [-0.2, -0.15) is 0 Å². The molecule has 0 saturated heterocycles. The third-order valence-corrected chi connectivity index (χ3v) is 2.87. The lowest BCUT2D eigenvalue weighted by molar-refractivity contribution is -0.119. The highest BCUT2D eigenvalue weighted by atomic mass is 16.1. The minimum Gasteiger partial charge on any atom is -0.300 e. The normalized spacial score (nSPS) is 19.3. The molecule has 1 unspecified atom stereocenters. The van der Waals surface area contributed by atoms with Crippen molar-refractivity contribution >= 4 is 5.78 Å². The summed E-state index contributed by atoms with van der Waals surface area (Å²) in [6.07, 6.45) is 12.9. The summed E-state index contributed by atoms with van der Waals surface area (Å²) in [5.41, 5.74) is 1.45. The van der Waals surface area contributed by atoms with Crippen LogP contribution in [-0.2, 0) is 4.79 Å². The SMILES string of the molecule is C=C/C=C\C(C=C1CCC(=O)CC1)CC. The maximum absolute atomic E-state index is 11.1. The summed E-state index contributed by atoms with van der Waals surface area (Å²) in [7, 11) is 0. The van der Waals surface area contributed by atoms with Gasteiger partial charge in [-0.3, -0.25) is 4.79 Å². The van der Waals surface area contributed by atoms with Gasteiger partial charge in [0.2, 0.25) is 0 Å². The van der Waals surface area contributed by atoms with E-state index in [1.807, 2.05) is 12.2 Å². The second-order valence-corrected chi connectivity index (χ2v) is 4.06. The number of Topliss-reactive ketones (excluding diaryl/α,β-unsaturated/α-hetero) is 1. The molecule has 0 amide bonds. The van der Waals surface area contributed by atoms with Crippen molar-refractivity contribution in [2.75, 3.05) is 0 Å². The number of allylic oxidation sites excluding steroid dienone is 5. The van der Waals surface area contributed by atoms with Crippen LogP contribution in [0.2, 0.25) is 0 Å². The molecule has 1 fully saturated rings. The number of hydrogen-bond acceptors (Lipinski definition) is 1. The first-order chi connectivity index (χ1) is 7.26. The Balaban J connectivity index is 2.55. The van der Waals surface area contributed by atoms with Gasteiger partial charge >= 0.3 is 0 Å². The van der Waals surface area contributed by atoms with E-state index >= 15 is 0 Å². The summed E-state index contributed by atoms with van der Waals surface area (Å²) < 4.78 is 0. The Labute approximate surface area is 92.6 Å². The van der Waals surface area contributed by atoms with Crippen molar-refractivity contribution < 1.29 is 4.79 Å². The summed E-state index contributed by atoms with van der Waals surface area (Å²) in [5.74, 6) is 0.924. The van der Waals surface area contributed by atoms with Crippen LogP contribution in [0.1, 0.15) is 39.0 Å². The van der Waals surface area contributed by atoms with Crippen molar-refractivity contribution in [3.63, 3.8) is 0 Å². The van der Waals surface area contributed by atoms with Crippen LogP contribution in [0.15, 0.2) is 36.5 Å². The Morgan fingerprint density at radius 1 is 1.33 bits per heavy atom. The van der Waals surface area contributed by atoms with E-state index in [2.05, 4.69) is 25.7 Å². The van der Waals surface area contributed by atoms with Gasteiger partial charge in [-0.05, 0) is 25.2 Å². The van der Waals surface area contributed by atoms with Crippen LogP contribution in [0.4, 0.5) is 0 Å². The fourth-order valence-electron chi connectivity index (χ4n) is 1.85. The predicted molar refractivity (Wildman–Crippen MR) is 64.7 cm³/mol. The van der Waals surface area contributed by atoms with Gasteiger partial charge in [0.05, 0.1) is 0 Å². The van der Waals surface area contributed by atoms with E-state index in [0.29, 0.717) is 11.7 Å². The summed E-state index contributed by atoms with van der Waals surface area (Å²) in [6.45, 7) is 5.86. The predicted octanol–water partition coefficient (Wildman–Crippen LogP) is 3.82. The van der Waals surface area contributed by atoms with Crippen molar-refractivity contribution in [2.24, 2.45) is 5.92 Å². The molecule has 0 aliphatic heterocycles. The minimum absolute atomic E-state index is 0.418. The highest BCUT2D eigenvalue weighted by Gasteiger charge is 2.13. The van der Waals surface area contributed by atoms with Crippen LogP contribution in [-0.4, -0.2) is 5.78 Å². The number of rotatable bonds is 4. The molecule has 0 N–H and O–H groups in total. The molecule has 0 bridgehead atoms. The topological polar surface area (TPSA) is 17.1 Å². The lowest BCUT2D eigenvalue weighted by Crippen LogP contribution is -2.07. The molecule has 1 aliphatic carbocycles. The number of hydrogen-bond donors (Lipinski definition) is 0. The van der Waals surface area contributed by atoms with Gasteiger partial charge in [-0.15, -0.1) is 0 Å². The minimum atomic E-state index is 0.418. The summed E-state index contributed by atoms with van der Waals surface area (Å²) in [4.78, 5) is 11.1. The first-order valence-corrected chi connectivity index (χ1v) is 5.76. The van der Waals surface area contributed by atoms with E-state index < -0.39 is 0 Å². The molecule has 82 valence electrons. The molecule has 1 atom stereocenters. The molecule has 0 aromatic carbocycles. The lowest BCUT2D eigenvalue weighted by atomic mass is 9.90. The summed E-state index contributed by atoms with van der Waals surface area (Å²) in [5, 5.41) is 0. The zero-order chi connectivity index (χ0) is 11.1. The standard InChI is InChI=1S/C14H20O/c1-3-5-6-12(4-2)11-13-7-9-14(15)10-8-13/h3,5-6,11-12H,1,4,7-10H2,2H3/b6-5-. The quantitative estimate of drug-likeness (QED) is 0.502. The maximum atomic E-state index is 11.1. The first-order valence-electron chi connectivity index (χ1n) is 5.76. The van der Waals surface area contributed by atoms with Gasteiger partial charge in [0.15, 0.2) is 0 Å². The van der Waals surface area contributed by atoms with Gasteiger partial charge in [-0.25, -0.2) is 0 Å². The molecule has 0 heterocycles. The fraction of sp³-hybridized carbons (Fsp3) is 0.500. The maximum Gasteiger partial charge on any atom is 0.133 e. The van der Waals surface area contributed by atoms with Crippen LogP contribution in [0, 0.1) is 5.92 Å². The van der Waals surface area contributed by atoms with Crippen molar-refractivity contribution in [2.45, 2.75) is 39.0 Å². The molecule has 1 rings (SSSR count). The Morgan fingerprint density at radius 3 is 2.53 bits per heavy atom. The zero-order valence-corrected chi connectivity index (χ0v) is 9.54. The molecule has 1 heteroatoms. The molecule has 0 spiro atoms. The van der Waals surface area contributed by atoms with Crippen molar-refractivity contribution in [1.29, 1.82) is 0 Å². The van der Waals surface area contributed by atoms with Crippen molar-refractivity contribution in [3.8, 4) is 0 Å². The van der Waals surface area contributed by atoms with E-state index in [4.69, 9.17) is 0 Å². The molecular formula is C14H20O. The zero-order valence-electron chi connectivity index (χ0n) is 9.54. The third-order valence-electron chi connectivity index (χ3n) is 2.87. The molecule has 15 heavy (non-hydrogen) atoms. The van der Waals surface area contributed by atoms with Crippen LogP contribution in [0.3, 0.4) is 0 Å². The summed E-state index contributed by atoms with van der Waals surface area (Å²) in [6, 6.07) is 0. The van der Waals surface area contributed by atoms with Gasteiger partial charge in [0.1, 0.15) is 5.78 Å². The van der Waals surface area contributed by atoms with E-state index in [-0.39, 0.29) is 0 Å². The smallest absolute Gasteiger partial charge is 0.133 e. The van der Waals surface area contributed by atoms with E-state index in [9.17, 15) is 4.79 Å². The lowest BCUT2D eigenvalue weighted by Gasteiger charge is -2.15. The average molecular weight is 204 g/mol. The Kier molecular flexibility index (Phi) is 5.09. The molecule has 0 radical (unpaired) electrons. The van der Waals surface area contributed by atoms with Crippen LogP contribution < -0.4 is 0 Å². The number of carbonyl (C=O) groups is 1. The molecule has 1 aliphatic rings. The third kappa shape index (κ3) is 4.28. The van der Waals surface area contributed by atoms with Gasteiger partial charge in [0.25, 0.3) is 0 Å². The number of carbonyl (C=O) groups excluding carboxylic acids is 1. The molecule has 0 aromatic heterocycles. The highest BCUT2D eigenvalue weighted by Crippen LogP contribution is 2.23. The number of ketones is 1. The van der Waals surface area contributed by atoms with E-state index in [0.717, 1.165) is 32.1 Å². The van der Waals surface area contributed by atoms with Gasteiger partial charge < -0.3 is 0 Å². The highest BCUT2D eigenvalue weighted by molar-refractivity contribution is 5.80. The van der Waals surface area contributed by atoms with Crippen LogP contribution in [0.5, 0.6) is 0 Å². The Morgan fingerprint density at radius 2 is 2.00 bits per heavy atom. The second-order valence-electron chi connectivity index (χ2n) is 4.06. The van der Waals surface area contributed by atoms with Gasteiger partial charge in [-0.1, -0.05) is 43.4 Å². The van der Waals surface area contributed by atoms with Crippen molar-refractivity contribution in [1.82, 2.24) is 0 Å². The summed E-state index contributed by atoms with van der Waals surface area (Å²) >= 11 is 0. The average Bonchev–Trinajstić information content (AvgIpc) is 2.27. The van der Waals surface area contributed by atoms with Crippen LogP contribution in [0.25, 0.3) is 0 Å². The molecule has 0 aromatic rings. The Bertz CT molecular complexity index is 272. The second kappa shape index (κ2) is 6.39. The first kappa shape index (κ1) is 12.0. The van der Waals surface area contributed by atoms with Gasteiger partial charge in [0, 0.05) is 12.8 Å². The molecular weight excluding hydrogens is 184 g/mol. The largest absolute Gasteiger partial charge is 0.300 e. The fourth-order valence-corrected chi connectivity index (χ4v) is 1.85. The monoisotopic (exact) mass is 204 g/mol. The Hall–Kier alpha value is -1.11. The molecule has 1 nitrogen and oxygen atoms in total. The van der Waals surface area contributed by atoms with Crippen molar-refractivity contribution in [3.05, 3.63) is 36.5 Å². The van der Waals surface area contributed by atoms with Crippen LogP contribution >= 0.6 is 0 Å².